The average Bonchev–Trinajstić information content (AvgIpc) is 3.58. The summed E-state index contributed by atoms with van der Waals surface area (Å²) in [5.41, 5.74) is 6.68. The number of amides is 3. The first-order valence-corrected chi connectivity index (χ1v) is 21.3. The predicted octanol–water partition coefficient (Wildman–Crippen LogP) is 5.18. The first kappa shape index (κ1) is 40.3. The van der Waals surface area contributed by atoms with Crippen LogP contribution >= 0.6 is 23.5 Å². The van der Waals surface area contributed by atoms with Crippen LogP contribution in [0.5, 0.6) is 5.75 Å². The largest absolute Gasteiger partial charge is 0.494 e. The molecule has 3 aromatic carbocycles. The Balaban J connectivity index is 0.954. The van der Waals surface area contributed by atoms with E-state index in [1.54, 1.807) is 36.5 Å². The highest BCUT2D eigenvalue weighted by molar-refractivity contribution is 9.10. The van der Waals surface area contributed by atoms with Gasteiger partial charge in [-0.25, -0.2) is 4.98 Å². The zero-order valence-electron chi connectivity index (χ0n) is 32.8. The standard InChI is InChI=1S/C40H42BrN10O7P/c1-23-18-30(46-40-44-20-27(41)37(48-40)45-29-9-8-28-35(43-13-12-42-28)36(29)59(55,57-3)58-4)33(56-2)19-32(23)50-16-14-49(15-17-50)21-24-6-5-7-25-26(24)22-51(39(25)54)31-10-11-34(52)47-38(31)53/h5-9,12-13,18-20,31H,10-11,14-17,21-22H2,1-4H3,(H,47,52,53)(H2,44,45,46,48). The number of rotatable bonds is 12. The number of methoxy groups -OCH3 is 1. The number of nitrogens with zero attached hydrogens (tertiary/aromatic N) is 7. The Morgan fingerprint density at radius 3 is 2.47 bits per heavy atom. The molecular formula is C40H42BrN10O7P. The number of anilines is 5. The van der Waals surface area contributed by atoms with Crippen LogP contribution in [0, 0.1) is 6.92 Å². The van der Waals surface area contributed by atoms with Crippen LogP contribution in [0.2, 0.25) is 0 Å². The second-order valence-corrected chi connectivity index (χ2v) is 17.4. The summed E-state index contributed by atoms with van der Waals surface area (Å²) in [4.78, 5) is 62.0. The van der Waals surface area contributed by atoms with Gasteiger partial charge in [0.2, 0.25) is 17.8 Å². The Bertz CT molecular complexity index is 2530. The van der Waals surface area contributed by atoms with Gasteiger partial charge in [0.25, 0.3) is 5.91 Å². The lowest BCUT2D eigenvalue weighted by atomic mass is 10.0. The van der Waals surface area contributed by atoms with Crippen LogP contribution < -0.4 is 30.9 Å². The number of aromatic nitrogens is 4. The Hall–Kier alpha value is -5.52. The summed E-state index contributed by atoms with van der Waals surface area (Å²) in [6, 6.07) is 12.6. The summed E-state index contributed by atoms with van der Waals surface area (Å²) in [7, 11) is 0.450. The molecule has 3 aliphatic heterocycles. The summed E-state index contributed by atoms with van der Waals surface area (Å²) in [5, 5.41) is 9.16. The number of piperazine rings is 1. The van der Waals surface area contributed by atoms with Crippen molar-refractivity contribution >= 4 is 86.4 Å². The van der Waals surface area contributed by atoms with Gasteiger partial charge in [0.05, 0.1) is 28.5 Å². The van der Waals surface area contributed by atoms with E-state index in [0.717, 1.165) is 48.6 Å². The molecule has 0 saturated carbocycles. The predicted molar refractivity (Wildman–Crippen MR) is 225 cm³/mol. The molecule has 5 heterocycles. The number of benzene rings is 3. The second-order valence-electron chi connectivity index (χ2n) is 14.3. The summed E-state index contributed by atoms with van der Waals surface area (Å²) >= 11 is 3.54. The van der Waals surface area contributed by atoms with Gasteiger partial charge in [-0.15, -0.1) is 0 Å². The minimum absolute atomic E-state index is 0.166. The van der Waals surface area contributed by atoms with Gasteiger partial charge in [0.15, 0.2) is 0 Å². The third-order valence-electron chi connectivity index (χ3n) is 10.9. The molecular weight excluding hydrogens is 843 g/mol. The number of ether oxygens (including phenoxy) is 1. The van der Waals surface area contributed by atoms with Crippen molar-refractivity contribution in [3.63, 3.8) is 0 Å². The van der Waals surface area contributed by atoms with Crippen LogP contribution in [0.15, 0.2) is 65.5 Å². The molecule has 59 heavy (non-hydrogen) atoms. The molecule has 306 valence electrons. The molecule has 1 atom stereocenters. The van der Waals surface area contributed by atoms with Crippen molar-refractivity contribution in [2.75, 3.05) is 63.0 Å². The van der Waals surface area contributed by atoms with Crippen LogP contribution in [0.3, 0.4) is 0 Å². The lowest BCUT2D eigenvalue weighted by Crippen LogP contribution is -2.52. The van der Waals surface area contributed by atoms with Crippen molar-refractivity contribution in [3.05, 3.63) is 87.8 Å². The fraction of sp³-hybridized carbons (Fsp3) is 0.325. The molecule has 0 spiro atoms. The molecule has 3 amide bonds. The van der Waals surface area contributed by atoms with Gasteiger partial charge < -0.3 is 34.2 Å². The van der Waals surface area contributed by atoms with Gasteiger partial charge >= 0.3 is 7.60 Å². The van der Waals surface area contributed by atoms with Gasteiger partial charge in [-0.1, -0.05) is 12.1 Å². The van der Waals surface area contributed by atoms with Crippen LogP contribution in [0.25, 0.3) is 11.0 Å². The molecule has 3 N–H and O–H groups in total. The highest BCUT2D eigenvalue weighted by Crippen LogP contribution is 2.49. The van der Waals surface area contributed by atoms with Crippen molar-refractivity contribution in [1.82, 2.24) is 35.1 Å². The topological polar surface area (TPSA) is 193 Å². The van der Waals surface area contributed by atoms with Crippen LogP contribution in [-0.4, -0.2) is 101 Å². The third-order valence-corrected chi connectivity index (χ3v) is 13.5. The number of hydrogen-bond donors (Lipinski definition) is 3. The smallest absolute Gasteiger partial charge is 0.365 e. The maximum Gasteiger partial charge on any atom is 0.365 e. The number of nitrogens with one attached hydrogen (secondary N) is 3. The molecule has 8 rings (SSSR count). The number of piperidine rings is 1. The Kier molecular flexibility index (Phi) is 11.3. The maximum atomic E-state index is 13.8. The maximum absolute atomic E-state index is 13.8. The lowest BCUT2D eigenvalue weighted by molar-refractivity contribution is -0.136. The van der Waals surface area contributed by atoms with Crippen LogP contribution in [-0.2, 0) is 36.3 Å². The van der Waals surface area contributed by atoms with Crippen LogP contribution in [0.4, 0.5) is 28.8 Å². The summed E-state index contributed by atoms with van der Waals surface area (Å²) in [6.45, 7) is 6.24. The summed E-state index contributed by atoms with van der Waals surface area (Å²) < 4.78 is 30.9. The van der Waals surface area contributed by atoms with E-state index in [1.807, 2.05) is 31.2 Å². The number of halogens is 1. The van der Waals surface area contributed by atoms with Gasteiger partial charge in [-0.3, -0.25) is 39.1 Å². The van der Waals surface area contributed by atoms with Crippen molar-refractivity contribution in [1.29, 1.82) is 0 Å². The first-order valence-electron chi connectivity index (χ1n) is 18.9. The zero-order valence-corrected chi connectivity index (χ0v) is 35.3. The third kappa shape index (κ3) is 7.85. The fourth-order valence-corrected chi connectivity index (χ4v) is 9.55. The van der Waals surface area contributed by atoms with Gasteiger partial charge in [-0.2, -0.15) is 4.98 Å². The summed E-state index contributed by atoms with van der Waals surface area (Å²) in [6.07, 6.45) is 5.22. The van der Waals surface area contributed by atoms with E-state index in [-0.39, 0.29) is 29.5 Å². The van der Waals surface area contributed by atoms with Crippen molar-refractivity contribution < 1.29 is 32.7 Å². The normalized spacial score (nSPS) is 17.3. The van der Waals surface area contributed by atoms with E-state index in [9.17, 15) is 18.9 Å². The second kappa shape index (κ2) is 16.6. The molecule has 2 aromatic heterocycles. The lowest BCUT2D eigenvalue weighted by Gasteiger charge is -2.37. The number of aryl methyl sites for hydroxylation is 1. The molecule has 0 bridgehead atoms. The van der Waals surface area contributed by atoms with Crippen molar-refractivity contribution in [3.8, 4) is 5.75 Å². The molecule has 0 aliphatic carbocycles. The quantitative estimate of drug-likeness (QED) is 0.110. The van der Waals surface area contributed by atoms with E-state index < -0.39 is 19.5 Å². The molecule has 19 heteroatoms. The number of carbonyl (C=O) groups is 3. The molecule has 0 radical (unpaired) electrons. The van der Waals surface area contributed by atoms with E-state index in [0.29, 0.717) is 63.5 Å². The number of carbonyl (C=O) groups excluding carboxylic acids is 3. The van der Waals surface area contributed by atoms with E-state index in [2.05, 4.69) is 62.7 Å². The average molecular weight is 886 g/mol. The Morgan fingerprint density at radius 1 is 0.949 bits per heavy atom. The minimum Gasteiger partial charge on any atom is -0.494 e. The monoisotopic (exact) mass is 884 g/mol. The summed E-state index contributed by atoms with van der Waals surface area (Å²) in [5.74, 6) is 0.400. The van der Waals surface area contributed by atoms with Gasteiger partial charge in [0, 0.05) is 95.8 Å². The van der Waals surface area contributed by atoms with E-state index in [4.69, 9.17) is 18.8 Å². The Morgan fingerprint density at radius 2 is 1.73 bits per heavy atom. The molecule has 2 fully saturated rings. The number of imide groups is 1. The van der Waals surface area contributed by atoms with Gasteiger partial charge in [0.1, 0.15) is 28.4 Å². The van der Waals surface area contributed by atoms with Crippen molar-refractivity contribution in [2.24, 2.45) is 0 Å². The SMILES string of the molecule is COc1cc(N2CCN(Cc3cccc4c3CN(C3CCC(=O)NC3=O)C4=O)CC2)c(C)cc1Nc1ncc(Br)c(Nc2ccc3nccnc3c2P(=O)(OC)OC)n1. The van der Waals surface area contributed by atoms with E-state index >= 15 is 0 Å². The first-order chi connectivity index (χ1) is 28.5. The Labute approximate surface area is 348 Å². The molecule has 1 unspecified atom stereocenters. The highest BCUT2D eigenvalue weighted by Gasteiger charge is 2.40. The van der Waals surface area contributed by atoms with E-state index in [1.165, 1.54) is 20.4 Å². The number of fused-ring (bicyclic) bond motifs is 2. The van der Waals surface area contributed by atoms with Crippen molar-refractivity contribution in [2.45, 2.75) is 38.9 Å². The fourth-order valence-electron chi connectivity index (χ4n) is 7.89. The molecule has 2 saturated heterocycles. The molecule has 3 aliphatic rings. The highest BCUT2D eigenvalue weighted by atomic mass is 79.9. The van der Waals surface area contributed by atoms with Crippen LogP contribution in [0.1, 0.15) is 39.9 Å². The minimum atomic E-state index is -3.80. The molecule has 5 aromatic rings. The number of hydrogen-bond acceptors (Lipinski definition) is 15. The zero-order chi connectivity index (χ0) is 41.4. The molecule has 17 nitrogen and oxygen atoms in total. The van der Waals surface area contributed by atoms with Gasteiger partial charge in [-0.05, 0) is 70.2 Å².